The lowest BCUT2D eigenvalue weighted by Crippen LogP contribution is -2.08. The molecule has 62 valence electrons. The number of rotatable bonds is 4. The maximum Gasteiger partial charge on any atom is 0.158 e. The number of nitriles is 1. The summed E-state index contributed by atoms with van der Waals surface area (Å²) in [5, 5.41) is 8.22. The molecule has 0 aromatic rings. The van der Waals surface area contributed by atoms with Gasteiger partial charge in [0.2, 0.25) is 0 Å². The Morgan fingerprint density at radius 2 is 2.18 bits per heavy atom. The van der Waals surface area contributed by atoms with Crippen LogP contribution in [0.2, 0.25) is 0 Å². The van der Waals surface area contributed by atoms with Crippen LogP contribution in [0.3, 0.4) is 0 Å². The Morgan fingerprint density at radius 1 is 1.45 bits per heavy atom. The molecule has 0 atom stereocenters. The zero-order valence-corrected chi connectivity index (χ0v) is 7.10. The van der Waals surface area contributed by atoms with E-state index in [0.717, 1.165) is 12.2 Å². The van der Waals surface area contributed by atoms with E-state index in [1.54, 1.807) is 11.8 Å². The molecule has 0 N–H and O–H groups in total. The molecule has 0 unspecified atom stereocenters. The molecule has 1 aliphatic heterocycles. The van der Waals surface area contributed by atoms with E-state index in [9.17, 15) is 0 Å². The fraction of sp³-hybridized carbons (Fsp3) is 0.857. The fourth-order valence-corrected chi connectivity index (χ4v) is 1.47. The van der Waals surface area contributed by atoms with Crippen LogP contribution in [-0.2, 0) is 9.47 Å². The molecule has 1 rings (SSSR count). The van der Waals surface area contributed by atoms with Crippen LogP contribution < -0.4 is 0 Å². The van der Waals surface area contributed by atoms with E-state index in [4.69, 9.17) is 14.7 Å². The topological polar surface area (TPSA) is 42.2 Å². The van der Waals surface area contributed by atoms with Crippen molar-refractivity contribution in [3.63, 3.8) is 0 Å². The minimum Gasteiger partial charge on any atom is -0.350 e. The third-order valence-corrected chi connectivity index (χ3v) is 2.21. The first-order valence-corrected chi connectivity index (χ1v) is 4.77. The number of hydrogen-bond acceptors (Lipinski definition) is 4. The highest BCUT2D eigenvalue weighted by atomic mass is 32.2. The van der Waals surface area contributed by atoms with Crippen LogP contribution >= 0.6 is 11.8 Å². The van der Waals surface area contributed by atoms with Gasteiger partial charge in [-0.15, -0.1) is 11.8 Å². The van der Waals surface area contributed by atoms with Crippen LogP contribution in [0, 0.1) is 11.3 Å². The normalized spacial score (nSPS) is 18.5. The predicted octanol–water partition coefficient (Wildman–Crippen LogP) is 1.01. The third kappa shape index (κ3) is 3.61. The van der Waals surface area contributed by atoms with Gasteiger partial charge in [0.15, 0.2) is 6.29 Å². The Bertz CT molecular complexity index is 140. The molecule has 1 heterocycles. The lowest BCUT2D eigenvalue weighted by Gasteiger charge is -2.06. The lowest BCUT2D eigenvalue weighted by molar-refractivity contribution is -0.0421. The number of ether oxygens (including phenoxy) is 2. The molecule has 4 heteroatoms. The van der Waals surface area contributed by atoms with E-state index in [1.807, 2.05) is 0 Å². The van der Waals surface area contributed by atoms with Crippen molar-refractivity contribution in [3.05, 3.63) is 0 Å². The molecule has 0 radical (unpaired) electrons. The summed E-state index contributed by atoms with van der Waals surface area (Å²) < 4.78 is 10.4. The second-order valence-electron chi connectivity index (χ2n) is 2.17. The number of thioether (sulfide) groups is 1. The molecule has 0 amide bonds. The van der Waals surface area contributed by atoms with Crippen LogP contribution in [0.25, 0.3) is 0 Å². The van der Waals surface area contributed by atoms with Gasteiger partial charge in [-0.25, -0.2) is 0 Å². The molecule has 1 saturated heterocycles. The first-order valence-electron chi connectivity index (χ1n) is 3.61. The van der Waals surface area contributed by atoms with E-state index in [2.05, 4.69) is 6.07 Å². The summed E-state index contributed by atoms with van der Waals surface area (Å²) >= 11 is 1.62. The molecule has 0 bridgehead atoms. The first-order chi connectivity index (χ1) is 5.43. The Balaban J connectivity index is 1.90. The van der Waals surface area contributed by atoms with Gasteiger partial charge in [0.05, 0.1) is 25.0 Å². The van der Waals surface area contributed by atoms with Gasteiger partial charge in [0.1, 0.15) is 0 Å². The van der Waals surface area contributed by atoms with Crippen molar-refractivity contribution in [1.82, 2.24) is 0 Å². The van der Waals surface area contributed by atoms with E-state index in [0.29, 0.717) is 19.0 Å². The van der Waals surface area contributed by atoms with E-state index >= 15 is 0 Å². The number of hydrogen-bond donors (Lipinski definition) is 0. The molecule has 3 nitrogen and oxygen atoms in total. The van der Waals surface area contributed by atoms with Gasteiger partial charge in [-0.3, -0.25) is 0 Å². The summed E-state index contributed by atoms with van der Waals surface area (Å²) in [5.41, 5.74) is 0. The largest absolute Gasteiger partial charge is 0.350 e. The molecular weight excluding hydrogens is 162 g/mol. The quantitative estimate of drug-likeness (QED) is 0.595. The van der Waals surface area contributed by atoms with Crippen molar-refractivity contribution >= 4 is 11.8 Å². The Morgan fingerprint density at radius 3 is 2.82 bits per heavy atom. The summed E-state index contributed by atoms with van der Waals surface area (Å²) in [6, 6.07) is 2.07. The molecule has 11 heavy (non-hydrogen) atoms. The molecule has 1 fully saturated rings. The van der Waals surface area contributed by atoms with Crippen LogP contribution in [0.4, 0.5) is 0 Å². The van der Waals surface area contributed by atoms with Crippen molar-refractivity contribution in [3.8, 4) is 6.07 Å². The van der Waals surface area contributed by atoms with Gasteiger partial charge in [-0.2, -0.15) is 5.26 Å². The Labute approximate surface area is 70.7 Å². The standard InChI is InChI=1S/C7H11NO2S/c8-2-6-11-5-1-7-9-3-4-10-7/h7H,1,3-6H2. The van der Waals surface area contributed by atoms with Gasteiger partial charge in [0, 0.05) is 6.42 Å². The summed E-state index contributed by atoms with van der Waals surface area (Å²) in [4.78, 5) is 0. The van der Waals surface area contributed by atoms with Gasteiger partial charge >= 0.3 is 0 Å². The molecule has 0 aliphatic carbocycles. The summed E-state index contributed by atoms with van der Waals surface area (Å²) in [5.74, 6) is 1.50. The smallest absolute Gasteiger partial charge is 0.158 e. The zero-order chi connectivity index (χ0) is 7.94. The molecule has 0 spiro atoms. The van der Waals surface area contributed by atoms with Gasteiger partial charge in [-0.1, -0.05) is 0 Å². The second kappa shape index (κ2) is 5.42. The maximum absolute atomic E-state index is 8.22. The third-order valence-electron chi connectivity index (χ3n) is 1.36. The second-order valence-corrected chi connectivity index (χ2v) is 3.28. The van der Waals surface area contributed by atoms with Gasteiger partial charge in [-0.05, 0) is 5.75 Å². The van der Waals surface area contributed by atoms with Crippen LogP contribution in [0.1, 0.15) is 6.42 Å². The van der Waals surface area contributed by atoms with Crippen molar-refractivity contribution in [2.75, 3.05) is 24.7 Å². The van der Waals surface area contributed by atoms with Crippen molar-refractivity contribution < 1.29 is 9.47 Å². The van der Waals surface area contributed by atoms with Crippen LogP contribution in [0.15, 0.2) is 0 Å². The fourth-order valence-electron chi connectivity index (χ4n) is 0.871. The van der Waals surface area contributed by atoms with Crippen LogP contribution in [0.5, 0.6) is 0 Å². The summed E-state index contributed by atoms with van der Waals surface area (Å²) in [7, 11) is 0. The minimum absolute atomic E-state index is 0.0128. The van der Waals surface area contributed by atoms with E-state index in [-0.39, 0.29) is 6.29 Å². The predicted molar refractivity (Wildman–Crippen MR) is 43.2 cm³/mol. The minimum atomic E-state index is -0.0128. The monoisotopic (exact) mass is 173 g/mol. The van der Waals surface area contributed by atoms with Crippen molar-refractivity contribution in [2.45, 2.75) is 12.7 Å². The first kappa shape index (κ1) is 8.85. The summed E-state index contributed by atoms with van der Waals surface area (Å²) in [6.07, 6.45) is 0.882. The molecule has 0 aromatic heterocycles. The molecule has 0 aromatic carbocycles. The van der Waals surface area contributed by atoms with Crippen molar-refractivity contribution in [1.29, 1.82) is 5.26 Å². The number of nitrogens with zero attached hydrogens (tertiary/aromatic N) is 1. The highest BCUT2D eigenvalue weighted by Crippen LogP contribution is 2.11. The van der Waals surface area contributed by atoms with Crippen LogP contribution in [-0.4, -0.2) is 31.0 Å². The molecule has 1 aliphatic rings. The average Bonchev–Trinajstić information content (AvgIpc) is 2.50. The average molecular weight is 173 g/mol. The zero-order valence-electron chi connectivity index (χ0n) is 6.28. The Hall–Kier alpha value is -0.240. The summed E-state index contributed by atoms with van der Waals surface area (Å²) in [6.45, 7) is 1.43. The molecular formula is C7H11NO2S. The van der Waals surface area contributed by atoms with Gasteiger partial charge < -0.3 is 9.47 Å². The van der Waals surface area contributed by atoms with Crippen molar-refractivity contribution in [2.24, 2.45) is 0 Å². The van der Waals surface area contributed by atoms with E-state index in [1.165, 1.54) is 0 Å². The van der Waals surface area contributed by atoms with Gasteiger partial charge in [0.25, 0.3) is 0 Å². The highest BCUT2D eigenvalue weighted by molar-refractivity contribution is 7.99. The SMILES string of the molecule is N#CCSCCC1OCCO1. The highest BCUT2D eigenvalue weighted by Gasteiger charge is 2.14. The maximum atomic E-state index is 8.22. The Kier molecular flexibility index (Phi) is 4.36. The van der Waals surface area contributed by atoms with E-state index < -0.39 is 0 Å². The molecule has 0 saturated carbocycles. The lowest BCUT2D eigenvalue weighted by atomic mass is 10.5.